The van der Waals surface area contributed by atoms with Crippen molar-refractivity contribution in [2.45, 2.75) is 0 Å². The van der Waals surface area contributed by atoms with Crippen molar-refractivity contribution in [2.24, 2.45) is 5.73 Å². The Kier molecular flexibility index (Phi) is 4.57. The molecule has 1 aromatic carbocycles. The second-order valence-electron chi connectivity index (χ2n) is 3.90. The number of hydrogen-bond donors (Lipinski definition) is 1. The quantitative estimate of drug-likeness (QED) is 0.678. The summed E-state index contributed by atoms with van der Waals surface area (Å²) in [6.45, 7) is 0.868. The number of rotatable bonds is 4. The zero-order valence-corrected chi connectivity index (χ0v) is 12.1. The van der Waals surface area contributed by atoms with Crippen LogP contribution in [-0.2, 0) is 4.79 Å². The fourth-order valence-corrected chi connectivity index (χ4v) is 2.98. The highest BCUT2D eigenvalue weighted by Gasteiger charge is 2.31. The van der Waals surface area contributed by atoms with E-state index in [-0.39, 0.29) is 5.91 Å². The van der Waals surface area contributed by atoms with Crippen LogP contribution in [0.1, 0.15) is 5.56 Å². The molecule has 1 saturated heterocycles. The molecule has 4 nitrogen and oxygen atoms in total. The summed E-state index contributed by atoms with van der Waals surface area (Å²) < 4.78 is 5.66. The van der Waals surface area contributed by atoms with Crippen LogP contribution in [0.25, 0.3) is 6.08 Å². The Labute approximate surface area is 121 Å². The van der Waals surface area contributed by atoms with Crippen LogP contribution in [0.15, 0.2) is 29.2 Å². The molecule has 1 aromatic rings. The van der Waals surface area contributed by atoms with E-state index in [4.69, 9.17) is 22.7 Å². The largest absolute Gasteiger partial charge is 0.497 e. The van der Waals surface area contributed by atoms with E-state index in [0.29, 0.717) is 22.3 Å². The highest BCUT2D eigenvalue weighted by molar-refractivity contribution is 8.26. The zero-order valence-electron chi connectivity index (χ0n) is 10.5. The van der Waals surface area contributed by atoms with Crippen LogP contribution in [0.4, 0.5) is 0 Å². The summed E-state index contributed by atoms with van der Waals surface area (Å²) >= 11 is 6.48. The van der Waals surface area contributed by atoms with Crippen molar-refractivity contribution in [3.05, 3.63) is 34.7 Å². The maximum absolute atomic E-state index is 12.1. The molecule has 1 heterocycles. The second-order valence-corrected chi connectivity index (χ2v) is 5.57. The van der Waals surface area contributed by atoms with Crippen molar-refractivity contribution in [3.8, 4) is 5.75 Å². The van der Waals surface area contributed by atoms with E-state index in [0.717, 1.165) is 11.3 Å². The van der Waals surface area contributed by atoms with Gasteiger partial charge in [-0.2, -0.15) is 0 Å². The summed E-state index contributed by atoms with van der Waals surface area (Å²) in [6, 6.07) is 7.50. The average molecular weight is 294 g/mol. The lowest BCUT2D eigenvalue weighted by atomic mass is 10.2. The third-order valence-corrected chi connectivity index (χ3v) is 4.02. The first-order valence-electron chi connectivity index (χ1n) is 5.75. The predicted molar refractivity (Wildman–Crippen MR) is 81.9 cm³/mol. The van der Waals surface area contributed by atoms with Crippen molar-refractivity contribution >= 4 is 40.3 Å². The normalized spacial score (nSPS) is 17.4. The van der Waals surface area contributed by atoms with Gasteiger partial charge < -0.3 is 10.5 Å². The van der Waals surface area contributed by atoms with Crippen LogP contribution in [0, 0.1) is 0 Å². The molecule has 1 amide bonds. The van der Waals surface area contributed by atoms with E-state index in [9.17, 15) is 4.79 Å². The minimum absolute atomic E-state index is 0.0729. The summed E-state index contributed by atoms with van der Waals surface area (Å²) in [6.07, 6.45) is 1.83. The van der Waals surface area contributed by atoms with Gasteiger partial charge in [0, 0.05) is 13.1 Å². The Balaban J connectivity index is 2.19. The standard InChI is InChI=1S/C13H14N2O2S2/c1-17-10-4-2-9(3-5-10)8-11-12(16)15(7-6-14)13(18)19-11/h2-5,8H,6-7,14H2,1H3/b11-8-. The minimum Gasteiger partial charge on any atom is -0.497 e. The van der Waals surface area contributed by atoms with Gasteiger partial charge in [-0.25, -0.2) is 0 Å². The lowest BCUT2D eigenvalue weighted by Gasteiger charge is -2.11. The number of carbonyl (C=O) groups is 1. The summed E-state index contributed by atoms with van der Waals surface area (Å²) in [5.74, 6) is 0.712. The highest BCUT2D eigenvalue weighted by Crippen LogP contribution is 2.32. The van der Waals surface area contributed by atoms with Crippen molar-refractivity contribution in [2.75, 3.05) is 20.2 Å². The molecule has 1 aliphatic rings. The fraction of sp³-hybridized carbons (Fsp3) is 0.231. The first-order valence-corrected chi connectivity index (χ1v) is 6.97. The van der Waals surface area contributed by atoms with Gasteiger partial charge >= 0.3 is 0 Å². The molecule has 0 aromatic heterocycles. The maximum Gasteiger partial charge on any atom is 0.266 e. The van der Waals surface area contributed by atoms with Gasteiger partial charge in [-0.1, -0.05) is 36.1 Å². The number of amides is 1. The molecule has 1 aliphatic heterocycles. The number of thiocarbonyl (C=S) groups is 1. The van der Waals surface area contributed by atoms with Gasteiger partial charge in [0.1, 0.15) is 10.1 Å². The van der Waals surface area contributed by atoms with Gasteiger partial charge in [-0.15, -0.1) is 0 Å². The molecular formula is C13H14N2O2S2. The average Bonchev–Trinajstić information content (AvgIpc) is 2.68. The number of carbonyl (C=O) groups excluding carboxylic acids is 1. The van der Waals surface area contributed by atoms with Crippen LogP contribution in [0.3, 0.4) is 0 Å². The van der Waals surface area contributed by atoms with E-state index in [2.05, 4.69) is 0 Å². The molecule has 19 heavy (non-hydrogen) atoms. The summed E-state index contributed by atoms with van der Waals surface area (Å²) in [5.41, 5.74) is 6.41. The minimum atomic E-state index is -0.0729. The summed E-state index contributed by atoms with van der Waals surface area (Å²) in [7, 11) is 1.62. The van der Waals surface area contributed by atoms with E-state index < -0.39 is 0 Å². The molecule has 0 spiro atoms. The van der Waals surface area contributed by atoms with Crippen LogP contribution in [-0.4, -0.2) is 35.3 Å². The van der Waals surface area contributed by atoms with Gasteiger partial charge in [-0.05, 0) is 23.8 Å². The Morgan fingerprint density at radius 2 is 2.11 bits per heavy atom. The van der Waals surface area contributed by atoms with Gasteiger partial charge in [0.05, 0.1) is 12.0 Å². The molecule has 0 unspecified atom stereocenters. The monoisotopic (exact) mass is 294 g/mol. The first-order chi connectivity index (χ1) is 9.15. The second kappa shape index (κ2) is 6.18. The number of benzene rings is 1. The molecule has 0 saturated carbocycles. The van der Waals surface area contributed by atoms with Crippen molar-refractivity contribution < 1.29 is 9.53 Å². The predicted octanol–water partition coefficient (Wildman–Crippen LogP) is 1.86. The number of thioether (sulfide) groups is 1. The number of hydrogen-bond acceptors (Lipinski definition) is 5. The highest BCUT2D eigenvalue weighted by atomic mass is 32.2. The van der Waals surface area contributed by atoms with Crippen LogP contribution >= 0.6 is 24.0 Å². The van der Waals surface area contributed by atoms with Gasteiger partial charge in [0.15, 0.2) is 0 Å². The van der Waals surface area contributed by atoms with E-state index in [1.807, 2.05) is 30.3 Å². The molecule has 0 bridgehead atoms. The Bertz CT molecular complexity index is 526. The Hall–Kier alpha value is -1.37. The van der Waals surface area contributed by atoms with Crippen LogP contribution in [0.2, 0.25) is 0 Å². The van der Waals surface area contributed by atoms with E-state index >= 15 is 0 Å². The first kappa shape index (κ1) is 14.0. The topological polar surface area (TPSA) is 55.6 Å². The molecule has 6 heteroatoms. The molecule has 1 fully saturated rings. The lowest BCUT2D eigenvalue weighted by Crippen LogP contribution is -2.32. The van der Waals surface area contributed by atoms with Gasteiger partial charge in [-0.3, -0.25) is 9.69 Å². The van der Waals surface area contributed by atoms with Gasteiger partial charge in [0.25, 0.3) is 5.91 Å². The molecule has 0 aliphatic carbocycles. The summed E-state index contributed by atoms with van der Waals surface area (Å²) in [5, 5.41) is 0. The SMILES string of the molecule is COc1ccc(/C=C2\SC(=S)N(CCN)C2=O)cc1. The summed E-state index contributed by atoms with van der Waals surface area (Å²) in [4.78, 5) is 14.3. The zero-order chi connectivity index (χ0) is 13.8. The molecule has 2 rings (SSSR count). The Morgan fingerprint density at radius 3 is 2.68 bits per heavy atom. The fourth-order valence-electron chi connectivity index (χ4n) is 1.67. The van der Waals surface area contributed by atoms with Crippen molar-refractivity contribution in [1.82, 2.24) is 4.90 Å². The lowest BCUT2D eigenvalue weighted by molar-refractivity contribution is -0.122. The number of nitrogens with zero attached hydrogens (tertiary/aromatic N) is 1. The number of ether oxygens (including phenoxy) is 1. The third kappa shape index (κ3) is 3.15. The molecule has 100 valence electrons. The van der Waals surface area contributed by atoms with Crippen LogP contribution in [0.5, 0.6) is 5.75 Å². The molecule has 0 atom stereocenters. The number of methoxy groups -OCH3 is 1. The van der Waals surface area contributed by atoms with Crippen molar-refractivity contribution in [1.29, 1.82) is 0 Å². The third-order valence-electron chi connectivity index (χ3n) is 2.64. The van der Waals surface area contributed by atoms with Gasteiger partial charge in [0.2, 0.25) is 0 Å². The Morgan fingerprint density at radius 1 is 1.42 bits per heavy atom. The smallest absolute Gasteiger partial charge is 0.266 e. The molecule has 0 radical (unpaired) electrons. The maximum atomic E-state index is 12.1. The van der Waals surface area contributed by atoms with E-state index in [1.54, 1.807) is 7.11 Å². The number of nitrogens with two attached hydrogens (primary N) is 1. The van der Waals surface area contributed by atoms with Crippen molar-refractivity contribution in [3.63, 3.8) is 0 Å². The molecular weight excluding hydrogens is 280 g/mol. The van der Waals surface area contributed by atoms with Crippen LogP contribution < -0.4 is 10.5 Å². The molecule has 2 N–H and O–H groups in total. The van der Waals surface area contributed by atoms with E-state index in [1.165, 1.54) is 16.7 Å².